The lowest BCUT2D eigenvalue weighted by Gasteiger charge is -2.19. The van der Waals surface area contributed by atoms with Gasteiger partial charge in [0.05, 0.1) is 13.5 Å². The molecule has 1 rings (SSSR count). The summed E-state index contributed by atoms with van der Waals surface area (Å²) in [6.07, 6.45) is -4.91. The van der Waals surface area contributed by atoms with Crippen molar-refractivity contribution in [2.24, 2.45) is 0 Å². The van der Waals surface area contributed by atoms with Gasteiger partial charge in [-0.25, -0.2) is 0 Å². The van der Waals surface area contributed by atoms with Crippen LogP contribution in [0, 0.1) is 0 Å². The third-order valence-corrected chi connectivity index (χ3v) is 3.44. The molecular weight excluding hydrogens is 355 g/mol. The summed E-state index contributed by atoms with van der Waals surface area (Å²) in [5, 5.41) is 0. The van der Waals surface area contributed by atoms with Crippen molar-refractivity contribution in [3.05, 3.63) is 23.8 Å². The van der Waals surface area contributed by atoms with E-state index in [9.17, 15) is 22.8 Å². The van der Waals surface area contributed by atoms with E-state index >= 15 is 0 Å². The Balaban J connectivity index is 2.69. The molecular formula is C17H22F3NO5. The lowest BCUT2D eigenvalue weighted by atomic mass is 10.1. The highest BCUT2D eigenvalue weighted by Crippen LogP contribution is 2.28. The number of ether oxygens (including phenoxy) is 3. The molecule has 1 amide bonds. The quantitative estimate of drug-likeness (QED) is 0.619. The summed E-state index contributed by atoms with van der Waals surface area (Å²) in [7, 11) is 1.38. The Morgan fingerprint density at radius 2 is 1.77 bits per heavy atom. The monoisotopic (exact) mass is 377 g/mol. The summed E-state index contributed by atoms with van der Waals surface area (Å²) < 4.78 is 50.9. The van der Waals surface area contributed by atoms with E-state index in [1.165, 1.54) is 25.3 Å². The molecule has 0 aliphatic rings. The van der Waals surface area contributed by atoms with Crippen molar-refractivity contribution in [3.63, 3.8) is 0 Å². The molecule has 26 heavy (non-hydrogen) atoms. The zero-order chi connectivity index (χ0) is 19.7. The number of benzene rings is 1. The largest absolute Gasteiger partial charge is 0.493 e. The van der Waals surface area contributed by atoms with Gasteiger partial charge in [0.1, 0.15) is 0 Å². The minimum Gasteiger partial charge on any atom is -0.493 e. The van der Waals surface area contributed by atoms with Gasteiger partial charge in [0.25, 0.3) is 5.91 Å². The summed E-state index contributed by atoms with van der Waals surface area (Å²) in [5.41, 5.74) is 0.399. The summed E-state index contributed by atoms with van der Waals surface area (Å²) >= 11 is 0. The first-order valence-electron chi connectivity index (χ1n) is 8.00. The highest BCUT2D eigenvalue weighted by molar-refractivity contribution is 5.77. The number of esters is 1. The molecule has 0 saturated heterocycles. The minimum atomic E-state index is -4.57. The number of hydrogen-bond acceptors (Lipinski definition) is 5. The number of amides is 1. The highest BCUT2D eigenvalue weighted by Gasteiger charge is 2.29. The lowest BCUT2D eigenvalue weighted by molar-refractivity contribution is -0.185. The van der Waals surface area contributed by atoms with Gasteiger partial charge in [-0.2, -0.15) is 13.2 Å². The van der Waals surface area contributed by atoms with Gasteiger partial charge < -0.3 is 19.1 Å². The van der Waals surface area contributed by atoms with Crippen LogP contribution in [0.2, 0.25) is 0 Å². The van der Waals surface area contributed by atoms with Crippen LogP contribution in [0.4, 0.5) is 13.2 Å². The second kappa shape index (κ2) is 9.88. The predicted octanol–water partition coefficient (Wildman–Crippen LogP) is 2.59. The molecule has 0 aliphatic carbocycles. The molecule has 6 nitrogen and oxygen atoms in total. The van der Waals surface area contributed by atoms with E-state index in [2.05, 4.69) is 4.74 Å². The maximum absolute atomic E-state index is 12.0. The SMILES string of the molecule is CCN(CC)C(=O)COc1ccc(CC(=O)OCC(F)(F)F)cc1OC. The summed E-state index contributed by atoms with van der Waals surface area (Å²) in [4.78, 5) is 25.0. The van der Waals surface area contributed by atoms with Gasteiger partial charge >= 0.3 is 12.1 Å². The number of carbonyl (C=O) groups excluding carboxylic acids is 2. The zero-order valence-corrected chi connectivity index (χ0v) is 14.9. The first-order chi connectivity index (χ1) is 12.2. The van der Waals surface area contributed by atoms with Crippen molar-refractivity contribution in [1.82, 2.24) is 4.90 Å². The normalized spacial score (nSPS) is 11.0. The van der Waals surface area contributed by atoms with Crippen molar-refractivity contribution >= 4 is 11.9 Å². The van der Waals surface area contributed by atoms with Gasteiger partial charge in [-0.3, -0.25) is 9.59 Å². The molecule has 0 fully saturated rings. The fourth-order valence-electron chi connectivity index (χ4n) is 2.13. The number of nitrogens with zero attached hydrogens (tertiary/aromatic N) is 1. The van der Waals surface area contributed by atoms with Crippen LogP contribution in [0.3, 0.4) is 0 Å². The van der Waals surface area contributed by atoms with Crippen molar-refractivity contribution in [2.75, 3.05) is 33.4 Å². The van der Waals surface area contributed by atoms with Crippen LogP contribution in [-0.2, 0) is 20.7 Å². The average Bonchev–Trinajstić information content (AvgIpc) is 2.59. The third-order valence-electron chi connectivity index (χ3n) is 3.44. The Bertz CT molecular complexity index is 615. The van der Waals surface area contributed by atoms with Crippen LogP contribution in [0.5, 0.6) is 11.5 Å². The Morgan fingerprint density at radius 1 is 1.12 bits per heavy atom. The highest BCUT2D eigenvalue weighted by atomic mass is 19.4. The molecule has 0 aliphatic heterocycles. The smallest absolute Gasteiger partial charge is 0.422 e. The number of hydrogen-bond donors (Lipinski definition) is 0. The van der Waals surface area contributed by atoms with Crippen molar-refractivity contribution < 1.29 is 37.0 Å². The average molecular weight is 377 g/mol. The number of alkyl halides is 3. The topological polar surface area (TPSA) is 65.1 Å². The Labute approximate surface area is 149 Å². The molecule has 0 heterocycles. The van der Waals surface area contributed by atoms with Crippen LogP contribution in [-0.4, -0.2) is 56.4 Å². The van der Waals surface area contributed by atoms with E-state index in [0.717, 1.165) is 0 Å². The van der Waals surface area contributed by atoms with Gasteiger partial charge in [0.2, 0.25) is 0 Å². The number of halogens is 3. The van der Waals surface area contributed by atoms with Gasteiger partial charge in [-0.15, -0.1) is 0 Å². The lowest BCUT2D eigenvalue weighted by Crippen LogP contribution is -2.34. The fraction of sp³-hybridized carbons (Fsp3) is 0.529. The molecule has 0 saturated carbocycles. The van der Waals surface area contributed by atoms with Gasteiger partial charge in [-0.05, 0) is 31.5 Å². The predicted molar refractivity (Wildman–Crippen MR) is 87.1 cm³/mol. The van der Waals surface area contributed by atoms with Crippen LogP contribution in [0.1, 0.15) is 19.4 Å². The van der Waals surface area contributed by atoms with Crippen molar-refractivity contribution in [1.29, 1.82) is 0 Å². The molecule has 9 heteroatoms. The number of rotatable bonds is 9. The second-order valence-corrected chi connectivity index (χ2v) is 5.29. The van der Waals surface area contributed by atoms with Gasteiger partial charge in [-0.1, -0.05) is 6.07 Å². The van der Waals surface area contributed by atoms with Gasteiger partial charge in [0, 0.05) is 13.1 Å². The maximum Gasteiger partial charge on any atom is 0.422 e. The molecule has 1 aromatic carbocycles. The summed E-state index contributed by atoms with van der Waals surface area (Å²) in [6.45, 7) is 3.04. The van der Waals surface area contributed by atoms with Crippen molar-refractivity contribution in [3.8, 4) is 11.5 Å². The van der Waals surface area contributed by atoms with Crippen LogP contribution in [0.25, 0.3) is 0 Å². The van der Waals surface area contributed by atoms with E-state index in [0.29, 0.717) is 24.4 Å². The minimum absolute atomic E-state index is 0.176. The maximum atomic E-state index is 12.0. The van der Waals surface area contributed by atoms with Crippen molar-refractivity contribution in [2.45, 2.75) is 26.4 Å². The molecule has 0 N–H and O–H groups in total. The van der Waals surface area contributed by atoms with Gasteiger partial charge in [0.15, 0.2) is 24.7 Å². The molecule has 146 valence electrons. The molecule has 0 atom stereocenters. The Kier molecular flexibility index (Phi) is 8.21. The molecule has 0 aromatic heterocycles. The summed E-state index contributed by atoms with van der Waals surface area (Å²) in [5.74, 6) is -0.634. The Morgan fingerprint density at radius 3 is 2.31 bits per heavy atom. The van der Waals surface area contributed by atoms with Crippen LogP contribution >= 0.6 is 0 Å². The number of methoxy groups -OCH3 is 1. The first kappa shape index (κ1) is 21.6. The molecule has 0 bridgehead atoms. The molecule has 0 spiro atoms. The van der Waals surface area contributed by atoms with E-state index in [1.807, 2.05) is 13.8 Å². The second-order valence-electron chi connectivity index (χ2n) is 5.29. The number of likely N-dealkylation sites (N-methyl/N-ethyl adjacent to an activating group) is 1. The standard InChI is InChI=1S/C17H22F3NO5/c1-4-21(5-2)15(22)10-25-13-7-6-12(8-14(13)24-3)9-16(23)26-11-17(18,19)20/h6-8H,4-5,9-11H2,1-3H3. The van der Waals surface area contributed by atoms with E-state index in [1.54, 1.807) is 4.90 Å². The van der Waals surface area contributed by atoms with E-state index in [4.69, 9.17) is 9.47 Å². The van der Waals surface area contributed by atoms with E-state index in [-0.39, 0.29) is 24.7 Å². The first-order valence-corrected chi connectivity index (χ1v) is 8.00. The third kappa shape index (κ3) is 7.20. The number of carbonyl (C=O) groups is 2. The van der Waals surface area contributed by atoms with Crippen LogP contribution < -0.4 is 9.47 Å². The van der Waals surface area contributed by atoms with E-state index < -0.39 is 18.8 Å². The molecule has 1 aromatic rings. The van der Waals surface area contributed by atoms with Crippen LogP contribution in [0.15, 0.2) is 18.2 Å². The Hall–Kier alpha value is -2.45. The summed E-state index contributed by atoms with van der Waals surface area (Å²) in [6, 6.07) is 4.43. The molecule has 0 radical (unpaired) electrons. The molecule has 0 unspecified atom stereocenters. The fourth-order valence-corrected chi connectivity index (χ4v) is 2.13. The zero-order valence-electron chi connectivity index (χ0n) is 14.9.